The van der Waals surface area contributed by atoms with Crippen LogP contribution in [0.4, 0.5) is 0 Å². The van der Waals surface area contributed by atoms with E-state index in [4.69, 9.17) is 4.42 Å². The van der Waals surface area contributed by atoms with Crippen molar-refractivity contribution in [1.82, 2.24) is 10.3 Å². The lowest BCUT2D eigenvalue weighted by Crippen LogP contribution is -2.19. The Morgan fingerprint density at radius 3 is 3.00 bits per heavy atom. The summed E-state index contributed by atoms with van der Waals surface area (Å²) in [6.45, 7) is 0.381. The van der Waals surface area contributed by atoms with E-state index in [1.807, 2.05) is 36.4 Å². The Morgan fingerprint density at radius 2 is 2.14 bits per heavy atom. The highest BCUT2D eigenvalue weighted by Gasteiger charge is 1.99. The lowest BCUT2D eigenvalue weighted by Gasteiger charge is -2.00. The van der Waals surface area contributed by atoms with E-state index in [1.165, 1.54) is 6.08 Å². The number of benzene rings is 1. The van der Waals surface area contributed by atoms with Gasteiger partial charge in [0.15, 0.2) is 0 Å². The molecule has 0 unspecified atom stereocenters. The molecule has 0 saturated carbocycles. The van der Waals surface area contributed by atoms with Crippen LogP contribution in [0.2, 0.25) is 0 Å². The summed E-state index contributed by atoms with van der Waals surface area (Å²) in [5.41, 5.74) is 1.83. The normalized spacial score (nSPS) is 11.0. The molecule has 1 aromatic carbocycles. The van der Waals surface area contributed by atoms with Crippen molar-refractivity contribution in [3.63, 3.8) is 0 Å². The topological polar surface area (TPSA) is 55.1 Å². The maximum atomic E-state index is 11.7. The molecule has 2 aromatic heterocycles. The van der Waals surface area contributed by atoms with Crippen LogP contribution >= 0.6 is 0 Å². The molecule has 21 heavy (non-hydrogen) atoms. The zero-order chi connectivity index (χ0) is 14.5. The van der Waals surface area contributed by atoms with Crippen molar-refractivity contribution in [2.24, 2.45) is 0 Å². The third-order valence-corrected chi connectivity index (χ3v) is 3.06. The van der Waals surface area contributed by atoms with Gasteiger partial charge in [-0.25, -0.2) is 0 Å². The standard InChI is InChI=1S/C17H14N2O2/c20-17(19-12-15-5-3-9-21-15)8-7-13-10-14-4-1-2-6-16(14)18-11-13/h1-11H,12H2,(H,19,20). The molecule has 0 saturated heterocycles. The quantitative estimate of drug-likeness (QED) is 0.746. The number of fused-ring (bicyclic) bond motifs is 1. The van der Waals surface area contributed by atoms with E-state index in [-0.39, 0.29) is 5.91 Å². The number of hydrogen-bond donors (Lipinski definition) is 1. The number of carbonyl (C=O) groups excluding carboxylic acids is 1. The molecule has 0 bridgehead atoms. The van der Waals surface area contributed by atoms with Crippen molar-refractivity contribution in [3.05, 3.63) is 72.3 Å². The van der Waals surface area contributed by atoms with Gasteiger partial charge in [0.05, 0.1) is 18.3 Å². The number of nitrogens with zero attached hydrogens (tertiary/aromatic N) is 1. The summed E-state index contributed by atoms with van der Waals surface area (Å²) in [6, 6.07) is 13.5. The van der Waals surface area contributed by atoms with Gasteiger partial charge in [-0.3, -0.25) is 9.78 Å². The van der Waals surface area contributed by atoms with Crippen molar-refractivity contribution in [1.29, 1.82) is 0 Å². The first-order valence-corrected chi connectivity index (χ1v) is 6.64. The highest BCUT2D eigenvalue weighted by molar-refractivity contribution is 5.92. The van der Waals surface area contributed by atoms with Crippen LogP contribution in [0.15, 0.2) is 65.4 Å². The van der Waals surface area contributed by atoms with Crippen molar-refractivity contribution < 1.29 is 9.21 Å². The largest absolute Gasteiger partial charge is 0.467 e. The van der Waals surface area contributed by atoms with Crippen LogP contribution in [0.5, 0.6) is 0 Å². The predicted molar refractivity (Wildman–Crippen MR) is 81.3 cm³/mol. The first kappa shape index (κ1) is 13.1. The fourth-order valence-corrected chi connectivity index (χ4v) is 2.00. The summed E-state index contributed by atoms with van der Waals surface area (Å²) in [7, 11) is 0. The van der Waals surface area contributed by atoms with Gasteiger partial charge in [-0.15, -0.1) is 0 Å². The molecular formula is C17H14N2O2. The van der Waals surface area contributed by atoms with Gasteiger partial charge < -0.3 is 9.73 Å². The second kappa shape index (κ2) is 6.05. The SMILES string of the molecule is O=C(C=Cc1cnc2ccccc2c1)NCc1ccco1. The van der Waals surface area contributed by atoms with Gasteiger partial charge in [-0.1, -0.05) is 18.2 Å². The van der Waals surface area contributed by atoms with Gasteiger partial charge in [0.1, 0.15) is 5.76 Å². The van der Waals surface area contributed by atoms with Crippen LogP contribution in [0.1, 0.15) is 11.3 Å². The van der Waals surface area contributed by atoms with E-state index in [0.717, 1.165) is 22.2 Å². The van der Waals surface area contributed by atoms with E-state index in [0.29, 0.717) is 6.54 Å². The van der Waals surface area contributed by atoms with E-state index in [9.17, 15) is 4.79 Å². The van der Waals surface area contributed by atoms with Gasteiger partial charge in [0.25, 0.3) is 0 Å². The Morgan fingerprint density at radius 1 is 1.24 bits per heavy atom. The second-order valence-electron chi connectivity index (χ2n) is 4.59. The van der Waals surface area contributed by atoms with Crippen molar-refractivity contribution in [3.8, 4) is 0 Å². The average Bonchev–Trinajstić information content (AvgIpc) is 3.04. The summed E-state index contributed by atoms with van der Waals surface area (Å²) in [5.74, 6) is 0.559. The molecule has 0 radical (unpaired) electrons. The summed E-state index contributed by atoms with van der Waals surface area (Å²) in [5, 5.41) is 3.80. The van der Waals surface area contributed by atoms with Crippen molar-refractivity contribution in [2.75, 3.05) is 0 Å². The number of hydrogen-bond acceptors (Lipinski definition) is 3. The highest BCUT2D eigenvalue weighted by atomic mass is 16.3. The molecule has 0 aliphatic heterocycles. The van der Waals surface area contributed by atoms with Crippen molar-refractivity contribution >= 4 is 22.9 Å². The van der Waals surface area contributed by atoms with Crippen LogP contribution in [-0.4, -0.2) is 10.9 Å². The predicted octanol–water partition coefficient (Wildman–Crippen LogP) is 3.16. The lowest BCUT2D eigenvalue weighted by atomic mass is 10.1. The van der Waals surface area contributed by atoms with E-state index in [2.05, 4.69) is 10.3 Å². The number of para-hydroxylation sites is 1. The van der Waals surface area contributed by atoms with Gasteiger partial charge in [0.2, 0.25) is 5.91 Å². The Hall–Kier alpha value is -2.88. The number of aromatic nitrogens is 1. The Labute approximate surface area is 122 Å². The minimum Gasteiger partial charge on any atom is -0.467 e. The number of amides is 1. The smallest absolute Gasteiger partial charge is 0.244 e. The molecule has 3 aromatic rings. The highest BCUT2D eigenvalue weighted by Crippen LogP contribution is 2.13. The minimum absolute atomic E-state index is 0.167. The number of nitrogens with one attached hydrogen (secondary N) is 1. The maximum Gasteiger partial charge on any atom is 0.244 e. The number of carbonyl (C=O) groups is 1. The lowest BCUT2D eigenvalue weighted by molar-refractivity contribution is -0.116. The Kier molecular flexibility index (Phi) is 3.78. The Balaban J connectivity index is 1.65. The fraction of sp³-hybridized carbons (Fsp3) is 0.0588. The number of furan rings is 1. The average molecular weight is 278 g/mol. The van der Waals surface area contributed by atoms with E-state index < -0.39 is 0 Å². The minimum atomic E-state index is -0.167. The maximum absolute atomic E-state index is 11.7. The molecule has 4 heteroatoms. The molecule has 0 atom stereocenters. The van der Waals surface area contributed by atoms with E-state index in [1.54, 1.807) is 24.6 Å². The van der Waals surface area contributed by atoms with Crippen molar-refractivity contribution in [2.45, 2.75) is 6.54 Å². The molecule has 0 aliphatic rings. The third-order valence-electron chi connectivity index (χ3n) is 3.06. The summed E-state index contributed by atoms with van der Waals surface area (Å²) >= 11 is 0. The molecular weight excluding hydrogens is 264 g/mol. The number of pyridine rings is 1. The zero-order valence-corrected chi connectivity index (χ0v) is 11.3. The Bertz CT molecular complexity index is 776. The first-order valence-electron chi connectivity index (χ1n) is 6.64. The fourth-order valence-electron chi connectivity index (χ4n) is 2.00. The molecule has 0 aliphatic carbocycles. The van der Waals surface area contributed by atoms with E-state index >= 15 is 0 Å². The van der Waals surface area contributed by atoms with Crippen LogP contribution in [0.3, 0.4) is 0 Å². The molecule has 104 valence electrons. The monoisotopic (exact) mass is 278 g/mol. The molecule has 0 spiro atoms. The van der Waals surface area contributed by atoms with Crippen LogP contribution in [0.25, 0.3) is 17.0 Å². The third kappa shape index (κ3) is 3.36. The van der Waals surface area contributed by atoms with Gasteiger partial charge in [-0.2, -0.15) is 0 Å². The van der Waals surface area contributed by atoms with Gasteiger partial charge in [-0.05, 0) is 35.9 Å². The van der Waals surface area contributed by atoms with Crippen LogP contribution in [-0.2, 0) is 11.3 Å². The molecule has 1 amide bonds. The number of rotatable bonds is 4. The molecule has 3 rings (SSSR count). The molecule has 1 N–H and O–H groups in total. The van der Waals surface area contributed by atoms with Gasteiger partial charge in [0, 0.05) is 17.7 Å². The second-order valence-corrected chi connectivity index (χ2v) is 4.59. The van der Waals surface area contributed by atoms with Crippen LogP contribution in [0, 0.1) is 0 Å². The summed E-state index contributed by atoms with van der Waals surface area (Å²) in [6.07, 6.45) is 6.57. The zero-order valence-electron chi connectivity index (χ0n) is 11.3. The van der Waals surface area contributed by atoms with Gasteiger partial charge >= 0.3 is 0 Å². The summed E-state index contributed by atoms with van der Waals surface area (Å²) in [4.78, 5) is 16.1. The molecule has 2 heterocycles. The first-order chi connectivity index (χ1) is 10.3. The molecule has 0 fully saturated rings. The molecule has 4 nitrogen and oxygen atoms in total. The van der Waals surface area contributed by atoms with Crippen LogP contribution < -0.4 is 5.32 Å². The summed E-state index contributed by atoms with van der Waals surface area (Å²) < 4.78 is 5.15.